The molecule has 0 saturated carbocycles. The number of ether oxygens (including phenoxy) is 4. The van der Waals surface area contributed by atoms with Gasteiger partial charge in [-0.15, -0.1) is 11.3 Å². The van der Waals surface area contributed by atoms with Crippen LogP contribution in [0.5, 0.6) is 5.75 Å². The van der Waals surface area contributed by atoms with Gasteiger partial charge in [0.05, 0.1) is 26.9 Å². The maximum atomic E-state index is 12.2. The van der Waals surface area contributed by atoms with E-state index in [1.165, 1.54) is 33.5 Å². The zero-order chi connectivity index (χ0) is 19.3. The molecule has 138 valence electrons. The van der Waals surface area contributed by atoms with Crippen LogP contribution in [0.2, 0.25) is 0 Å². The van der Waals surface area contributed by atoms with Crippen LogP contribution in [0.15, 0.2) is 24.3 Å². The predicted octanol–water partition coefficient (Wildman–Crippen LogP) is 2.27. The van der Waals surface area contributed by atoms with Crippen molar-refractivity contribution in [2.75, 3.05) is 27.1 Å². The lowest BCUT2D eigenvalue weighted by molar-refractivity contribution is 0.0452. The first kappa shape index (κ1) is 19.3. The first-order valence-corrected chi connectivity index (χ1v) is 8.13. The number of carbonyl (C=O) groups is 3. The van der Waals surface area contributed by atoms with E-state index in [-0.39, 0.29) is 33.2 Å². The van der Waals surface area contributed by atoms with Crippen LogP contribution in [0.1, 0.15) is 36.0 Å². The molecule has 0 radical (unpaired) electrons. The summed E-state index contributed by atoms with van der Waals surface area (Å²) in [5.41, 5.74) is 6.23. The van der Waals surface area contributed by atoms with E-state index in [0.29, 0.717) is 5.75 Å². The van der Waals surface area contributed by atoms with Gasteiger partial charge in [0, 0.05) is 5.56 Å². The number of hydrogen-bond acceptors (Lipinski definition) is 9. The summed E-state index contributed by atoms with van der Waals surface area (Å²) < 4.78 is 19.6. The van der Waals surface area contributed by atoms with Crippen molar-refractivity contribution in [1.82, 2.24) is 0 Å². The lowest BCUT2D eigenvalue weighted by atomic mass is 10.1. The first-order valence-electron chi connectivity index (χ1n) is 7.31. The number of methoxy groups -OCH3 is 3. The zero-order valence-electron chi connectivity index (χ0n) is 14.4. The molecule has 0 spiro atoms. The number of benzene rings is 1. The Bertz CT molecular complexity index is 826. The van der Waals surface area contributed by atoms with Gasteiger partial charge in [0.25, 0.3) is 0 Å². The van der Waals surface area contributed by atoms with Gasteiger partial charge in [-0.05, 0) is 24.3 Å². The summed E-state index contributed by atoms with van der Waals surface area (Å²) in [6, 6.07) is 6.29. The number of hydrogen-bond donors (Lipinski definition) is 1. The van der Waals surface area contributed by atoms with E-state index in [9.17, 15) is 14.4 Å². The van der Waals surface area contributed by atoms with Crippen LogP contribution in [0, 0.1) is 0 Å². The van der Waals surface area contributed by atoms with Gasteiger partial charge in [0.2, 0.25) is 0 Å². The third-order valence-electron chi connectivity index (χ3n) is 3.47. The van der Waals surface area contributed by atoms with Crippen LogP contribution in [0.25, 0.3) is 0 Å². The Balaban J connectivity index is 2.27. The molecule has 2 rings (SSSR count). The minimum atomic E-state index is -0.732. The van der Waals surface area contributed by atoms with E-state index in [2.05, 4.69) is 9.47 Å². The third kappa shape index (κ3) is 3.94. The van der Waals surface area contributed by atoms with Crippen LogP contribution >= 0.6 is 11.3 Å². The fourth-order valence-electron chi connectivity index (χ4n) is 2.15. The van der Waals surface area contributed by atoms with Gasteiger partial charge in [-0.3, -0.25) is 0 Å². The molecule has 2 aromatic rings. The van der Waals surface area contributed by atoms with Crippen molar-refractivity contribution >= 4 is 34.2 Å². The molecule has 9 heteroatoms. The number of nitrogen functional groups attached to an aromatic ring is 1. The molecule has 0 saturated heterocycles. The van der Waals surface area contributed by atoms with Crippen LogP contribution in [0.4, 0.5) is 5.00 Å². The zero-order valence-corrected chi connectivity index (χ0v) is 15.2. The molecule has 0 atom stereocenters. The smallest absolute Gasteiger partial charge is 0.348 e. The highest BCUT2D eigenvalue weighted by Gasteiger charge is 2.28. The van der Waals surface area contributed by atoms with Crippen molar-refractivity contribution < 1.29 is 33.3 Å². The number of carbonyl (C=O) groups excluding carboxylic acids is 3. The summed E-state index contributed by atoms with van der Waals surface area (Å²) >= 11 is 0.864. The predicted molar refractivity (Wildman–Crippen MR) is 93.5 cm³/mol. The second kappa shape index (κ2) is 8.34. The number of thiophene rings is 1. The molecule has 0 aliphatic carbocycles. The Kier molecular flexibility index (Phi) is 6.18. The molecular weight excluding hydrogens is 362 g/mol. The van der Waals surface area contributed by atoms with E-state index >= 15 is 0 Å². The van der Waals surface area contributed by atoms with Crippen LogP contribution in [-0.2, 0) is 20.8 Å². The molecule has 0 fully saturated rings. The molecule has 8 nitrogen and oxygen atoms in total. The van der Waals surface area contributed by atoms with E-state index < -0.39 is 17.9 Å². The molecule has 1 aromatic carbocycles. The maximum absolute atomic E-state index is 12.2. The van der Waals surface area contributed by atoms with Gasteiger partial charge >= 0.3 is 17.9 Å². The minimum Gasteiger partial charge on any atom is -0.497 e. The second-order valence-electron chi connectivity index (χ2n) is 4.94. The van der Waals surface area contributed by atoms with Crippen molar-refractivity contribution in [2.45, 2.75) is 6.61 Å². The van der Waals surface area contributed by atoms with E-state index in [1.54, 1.807) is 12.1 Å². The highest BCUT2D eigenvalue weighted by atomic mass is 32.1. The molecule has 2 N–H and O–H groups in total. The van der Waals surface area contributed by atoms with E-state index in [1.807, 2.05) is 0 Å². The van der Waals surface area contributed by atoms with Gasteiger partial charge < -0.3 is 24.7 Å². The highest BCUT2D eigenvalue weighted by molar-refractivity contribution is 7.18. The average Bonchev–Trinajstić information content (AvgIpc) is 3.01. The van der Waals surface area contributed by atoms with Gasteiger partial charge in [0.15, 0.2) is 0 Å². The maximum Gasteiger partial charge on any atom is 0.348 e. The quantitative estimate of drug-likeness (QED) is 0.600. The SMILES string of the molecule is COC(=O)c1sc(N)c(C(=O)OC)c1COC(=O)c1ccc(OC)cc1. The molecule has 0 amide bonds. The summed E-state index contributed by atoms with van der Waals surface area (Å²) in [5, 5.41) is 0.0766. The monoisotopic (exact) mass is 379 g/mol. The summed E-state index contributed by atoms with van der Waals surface area (Å²) in [7, 11) is 3.89. The van der Waals surface area contributed by atoms with Crippen LogP contribution in [-0.4, -0.2) is 39.2 Å². The van der Waals surface area contributed by atoms with Crippen molar-refractivity contribution in [3.8, 4) is 5.75 Å². The minimum absolute atomic E-state index is 0.0135. The van der Waals surface area contributed by atoms with Crippen molar-refractivity contribution in [3.05, 3.63) is 45.8 Å². The van der Waals surface area contributed by atoms with E-state index in [0.717, 1.165) is 11.3 Å². The molecule has 26 heavy (non-hydrogen) atoms. The molecule has 1 aromatic heterocycles. The second-order valence-corrected chi connectivity index (χ2v) is 5.99. The van der Waals surface area contributed by atoms with Crippen LogP contribution < -0.4 is 10.5 Å². The molecule has 0 aliphatic rings. The Labute approximate surface area is 153 Å². The largest absolute Gasteiger partial charge is 0.497 e. The number of anilines is 1. The summed E-state index contributed by atoms with van der Waals surface area (Å²) in [6.07, 6.45) is 0. The third-order valence-corrected chi connectivity index (χ3v) is 4.51. The Hall–Kier alpha value is -3.07. The Morgan fingerprint density at radius 1 is 0.962 bits per heavy atom. The first-order chi connectivity index (χ1) is 12.4. The Morgan fingerprint density at radius 3 is 2.12 bits per heavy atom. The lowest BCUT2D eigenvalue weighted by Gasteiger charge is -2.08. The van der Waals surface area contributed by atoms with Crippen molar-refractivity contribution in [2.24, 2.45) is 0 Å². The fraction of sp³-hybridized carbons (Fsp3) is 0.235. The summed E-state index contributed by atoms with van der Waals surface area (Å²) in [4.78, 5) is 36.2. The molecule has 1 heterocycles. The number of esters is 3. The standard InChI is InChI=1S/C17H17NO7S/c1-22-10-6-4-9(5-7-10)15(19)25-8-11-12(16(20)23-2)14(18)26-13(11)17(21)24-3/h4-7H,8,18H2,1-3H3. The molecule has 0 unspecified atom stereocenters. The molecule has 0 bridgehead atoms. The summed E-state index contributed by atoms with van der Waals surface area (Å²) in [6.45, 7) is -0.340. The topological polar surface area (TPSA) is 114 Å². The average molecular weight is 379 g/mol. The normalized spacial score (nSPS) is 10.1. The van der Waals surface area contributed by atoms with Gasteiger partial charge in [-0.1, -0.05) is 0 Å². The Morgan fingerprint density at radius 2 is 1.58 bits per heavy atom. The number of rotatable bonds is 6. The summed E-state index contributed by atoms with van der Waals surface area (Å²) in [5.74, 6) is -1.46. The van der Waals surface area contributed by atoms with E-state index in [4.69, 9.17) is 15.2 Å². The molecular formula is C17H17NO7S. The van der Waals surface area contributed by atoms with Crippen molar-refractivity contribution in [3.63, 3.8) is 0 Å². The van der Waals surface area contributed by atoms with Crippen molar-refractivity contribution in [1.29, 1.82) is 0 Å². The van der Waals surface area contributed by atoms with Gasteiger partial charge in [-0.2, -0.15) is 0 Å². The van der Waals surface area contributed by atoms with Gasteiger partial charge in [0.1, 0.15) is 27.8 Å². The highest BCUT2D eigenvalue weighted by Crippen LogP contribution is 2.33. The van der Waals surface area contributed by atoms with Gasteiger partial charge in [-0.25, -0.2) is 14.4 Å². The van der Waals surface area contributed by atoms with Crippen LogP contribution in [0.3, 0.4) is 0 Å². The molecule has 0 aliphatic heterocycles. The number of nitrogens with two attached hydrogens (primary N) is 1. The lowest BCUT2D eigenvalue weighted by Crippen LogP contribution is -2.12. The fourth-order valence-corrected chi connectivity index (χ4v) is 3.13.